The largest absolute Gasteiger partial charge is 0.398 e. The number of benzene rings is 2. The van der Waals surface area contributed by atoms with Crippen LogP contribution in [0.2, 0.25) is 0 Å². The Kier molecular flexibility index (Phi) is 5.35. The smallest absolute Gasteiger partial charge is 0.316 e. The first-order chi connectivity index (χ1) is 13.0. The molecule has 0 aromatic heterocycles. The number of anilines is 2. The number of halogens is 1. The van der Waals surface area contributed by atoms with Gasteiger partial charge in [0.05, 0.1) is 5.56 Å². The topological polar surface area (TPSA) is 95.7 Å². The van der Waals surface area contributed by atoms with Crippen LogP contribution >= 0.6 is 0 Å². The zero-order chi connectivity index (χ0) is 19.4. The van der Waals surface area contributed by atoms with E-state index >= 15 is 0 Å². The average molecular weight is 370 g/mol. The third-order valence-electron chi connectivity index (χ3n) is 4.39. The fourth-order valence-corrected chi connectivity index (χ4v) is 2.89. The number of carbonyl (C=O) groups is 3. The van der Waals surface area contributed by atoms with Gasteiger partial charge in [-0.3, -0.25) is 19.7 Å². The summed E-state index contributed by atoms with van der Waals surface area (Å²) in [6.45, 7) is 1.66. The lowest BCUT2D eigenvalue weighted by molar-refractivity contribution is -0.145. The zero-order valence-electron chi connectivity index (χ0n) is 14.5. The molecule has 0 saturated carbocycles. The Hall–Kier alpha value is -3.42. The number of carbonyl (C=O) groups excluding carboxylic acids is 3. The molecule has 1 saturated heterocycles. The summed E-state index contributed by atoms with van der Waals surface area (Å²) in [6.07, 6.45) is 0. The molecule has 2 aromatic carbocycles. The third kappa shape index (κ3) is 4.22. The fraction of sp³-hybridized carbons (Fsp3) is 0.211. The summed E-state index contributed by atoms with van der Waals surface area (Å²) in [5.41, 5.74) is 6.91. The molecule has 3 rings (SSSR count). The monoisotopic (exact) mass is 370 g/mol. The van der Waals surface area contributed by atoms with Crippen LogP contribution < -0.4 is 16.0 Å². The van der Waals surface area contributed by atoms with Gasteiger partial charge in [0.25, 0.3) is 5.91 Å². The highest BCUT2D eigenvalue weighted by Crippen LogP contribution is 2.17. The van der Waals surface area contributed by atoms with Crippen molar-refractivity contribution in [2.45, 2.75) is 0 Å². The molecule has 8 heteroatoms. The lowest BCUT2D eigenvalue weighted by Gasteiger charge is -2.35. The van der Waals surface area contributed by atoms with E-state index in [2.05, 4.69) is 5.32 Å². The number of nitrogens with two attached hydrogens (primary N) is 1. The molecule has 0 unspecified atom stereocenters. The van der Waals surface area contributed by atoms with Crippen LogP contribution in [0.3, 0.4) is 0 Å². The number of para-hydroxylation sites is 1. The number of rotatable bonds is 2. The summed E-state index contributed by atoms with van der Waals surface area (Å²) < 4.78 is 13.0. The number of amides is 3. The van der Waals surface area contributed by atoms with Gasteiger partial charge in [0, 0.05) is 37.6 Å². The number of hydrogen-bond donors (Lipinski definition) is 2. The van der Waals surface area contributed by atoms with Crippen molar-refractivity contribution >= 4 is 29.1 Å². The van der Waals surface area contributed by atoms with Gasteiger partial charge in [-0.1, -0.05) is 12.1 Å². The van der Waals surface area contributed by atoms with Crippen LogP contribution in [0.5, 0.6) is 0 Å². The Morgan fingerprint density at radius 1 is 0.926 bits per heavy atom. The molecular formula is C19H19FN4O3. The molecular weight excluding hydrogens is 351 g/mol. The highest BCUT2D eigenvalue weighted by atomic mass is 19.1. The fourth-order valence-electron chi connectivity index (χ4n) is 2.89. The number of nitrogen functional groups attached to an aromatic ring is 1. The summed E-state index contributed by atoms with van der Waals surface area (Å²) in [5.74, 6) is -2.78. The van der Waals surface area contributed by atoms with E-state index < -0.39 is 17.7 Å². The molecule has 3 N–H and O–H groups in total. The Labute approximate surface area is 155 Å². The van der Waals surface area contributed by atoms with E-state index in [1.807, 2.05) is 4.90 Å². The maximum Gasteiger partial charge on any atom is 0.316 e. The minimum absolute atomic E-state index is 0.139. The van der Waals surface area contributed by atoms with E-state index in [0.29, 0.717) is 26.2 Å². The molecule has 0 aliphatic carbocycles. The van der Waals surface area contributed by atoms with E-state index in [0.717, 1.165) is 5.69 Å². The van der Waals surface area contributed by atoms with E-state index in [-0.39, 0.29) is 17.1 Å². The quantitative estimate of drug-likeness (QED) is 0.608. The van der Waals surface area contributed by atoms with Crippen molar-refractivity contribution in [3.05, 3.63) is 59.9 Å². The first-order valence-corrected chi connectivity index (χ1v) is 8.45. The van der Waals surface area contributed by atoms with Crippen LogP contribution in [0.4, 0.5) is 15.8 Å². The Balaban J connectivity index is 1.55. The Bertz CT molecular complexity index is 862. The van der Waals surface area contributed by atoms with Gasteiger partial charge < -0.3 is 15.5 Å². The standard InChI is InChI=1S/C19H19FN4O3/c20-13-5-7-14(8-6-13)23-9-11-24(12-10-23)19(27)18(26)22-17(25)15-3-1-2-4-16(15)21/h1-8H,9-12,21H2,(H,22,25,26). The molecule has 7 nitrogen and oxygen atoms in total. The van der Waals surface area contributed by atoms with Gasteiger partial charge in [-0.2, -0.15) is 0 Å². The van der Waals surface area contributed by atoms with E-state index in [9.17, 15) is 18.8 Å². The lowest BCUT2D eigenvalue weighted by Crippen LogP contribution is -2.53. The first kappa shape index (κ1) is 18.4. The van der Waals surface area contributed by atoms with Gasteiger partial charge in [-0.15, -0.1) is 0 Å². The van der Waals surface area contributed by atoms with Crippen molar-refractivity contribution in [2.75, 3.05) is 36.8 Å². The van der Waals surface area contributed by atoms with Crippen LogP contribution in [0.1, 0.15) is 10.4 Å². The summed E-state index contributed by atoms with van der Waals surface area (Å²) in [6, 6.07) is 12.4. The van der Waals surface area contributed by atoms with Crippen molar-refractivity contribution in [1.29, 1.82) is 0 Å². The summed E-state index contributed by atoms with van der Waals surface area (Å²) in [7, 11) is 0. The van der Waals surface area contributed by atoms with Crippen molar-refractivity contribution in [1.82, 2.24) is 10.2 Å². The summed E-state index contributed by atoms with van der Waals surface area (Å²) in [4.78, 5) is 39.9. The van der Waals surface area contributed by atoms with Gasteiger partial charge >= 0.3 is 11.8 Å². The maximum atomic E-state index is 13.0. The van der Waals surface area contributed by atoms with Crippen molar-refractivity contribution in [3.8, 4) is 0 Å². The van der Waals surface area contributed by atoms with Crippen molar-refractivity contribution in [2.24, 2.45) is 0 Å². The normalized spacial score (nSPS) is 14.0. The molecule has 0 spiro atoms. The molecule has 0 bridgehead atoms. The maximum absolute atomic E-state index is 13.0. The van der Waals surface area contributed by atoms with E-state index in [1.54, 1.807) is 24.3 Å². The number of nitrogens with one attached hydrogen (secondary N) is 1. The molecule has 0 atom stereocenters. The van der Waals surface area contributed by atoms with Crippen LogP contribution in [0, 0.1) is 5.82 Å². The predicted molar refractivity (Wildman–Crippen MR) is 98.5 cm³/mol. The number of hydrogen-bond acceptors (Lipinski definition) is 5. The average Bonchev–Trinajstić information content (AvgIpc) is 2.68. The van der Waals surface area contributed by atoms with Gasteiger partial charge in [-0.05, 0) is 36.4 Å². The highest BCUT2D eigenvalue weighted by Gasteiger charge is 2.27. The van der Waals surface area contributed by atoms with Crippen LogP contribution in [-0.4, -0.2) is 48.8 Å². The second-order valence-corrected chi connectivity index (χ2v) is 6.13. The van der Waals surface area contributed by atoms with Crippen LogP contribution in [0.15, 0.2) is 48.5 Å². The van der Waals surface area contributed by atoms with Crippen LogP contribution in [0.25, 0.3) is 0 Å². The molecule has 0 radical (unpaired) electrons. The Morgan fingerprint density at radius 2 is 1.56 bits per heavy atom. The SMILES string of the molecule is Nc1ccccc1C(=O)NC(=O)C(=O)N1CCN(c2ccc(F)cc2)CC1. The molecule has 1 aliphatic rings. The van der Waals surface area contributed by atoms with Crippen molar-refractivity contribution < 1.29 is 18.8 Å². The Morgan fingerprint density at radius 3 is 2.19 bits per heavy atom. The molecule has 27 heavy (non-hydrogen) atoms. The van der Waals surface area contributed by atoms with E-state index in [4.69, 9.17) is 5.73 Å². The second-order valence-electron chi connectivity index (χ2n) is 6.13. The number of nitrogens with zero attached hydrogens (tertiary/aromatic N) is 2. The minimum Gasteiger partial charge on any atom is -0.398 e. The van der Waals surface area contributed by atoms with Gasteiger partial charge in [0.1, 0.15) is 5.82 Å². The lowest BCUT2D eigenvalue weighted by atomic mass is 10.1. The minimum atomic E-state index is -0.988. The molecule has 2 aromatic rings. The summed E-state index contributed by atoms with van der Waals surface area (Å²) >= 11 is 0. The molecule has 3 amide bonds. The highest BCUT2D eigenvalue weighted by molar-refractivity contribution is 6.38. The number of imide groups is 1. The predicted octanol–water partition coefficient (Wildman–Crippen LogP) is 1.01. The summed E-state index contributed by atoms with van der Waals surface area (Å²) in [5, 5.41) is 2.08. The van der Waals surface area contributed by atoms with Gasteiger partial charge in [0.2, 0.25) is 0 Å². The second kappa shape index (κ2) is 7.86. The number of piperazine rings is 1. The molecule has 1 fully saturated rings. The van der Waals surface area contributed by atoms with Gasteiger partial charge in [0.15, 0.2) is 0 Å². The van der Waals surface area contributed by atoms with E-state index in [1.165, 1.54) is 29.2 Å². The molecule has 1 heterocycles. The zero-order valence-corrected chi connectivity index (χ0v) is 14.5. The van der Waals surface area contributed by atoms with Crippen molar-refractivity contribution in [3.63, 3.8) is 0 Å². The first-order valence-electron chi connectivity index (χ1n) is 8.45. The van der Waals surface area contributed by atoms with Crippen LogP contribution in [-0.2, 0) is 9.59 Å². The molecule has 1 aliphatic heterocycles. The van der Waals surface area contributed by atoms with Gasteiger partial charge in [-0.25, -0.2) is 4.39 Å². The molecule has 140 valence electrons. The third-order valence-corrected chi connectivity index (χ3v) is 4.39.